The number of piperidine rings is 1. The van der Waals surface area contributed by atoms with Crippen LogP contribution in [0.2, 0.25) is 0 Å². The highest BCUT2D eigenvalue weighted by atomic mass is 16.1. The van der Waals surface area contributed by atoms with Crippen molar-refractivity contribution in [1.29, 1.82) is 0 Å². The number of amides is 1. The first kappa shape index (κ1) is 15.5. The van der Waals surface area contributed by atoms with Gasteiger partial charge in [0, 0.05) is 43.9 Å². The number of pyridine rings is 1. The highest BCUT2D eigenvalue weighted by Gasteiger charge is 2.25. The molecule has 3 aromatic rings. The fourth-order valence-corrected chi connectivity index (χ4v) is 3.20. The van der Waals surface area contributed by atoms with Crippen LogP contribution in [0.4, 0.5) is 5.82 Å². The number of aryl methyl sites for hydroxylation is 1. The van der Waals surface area contributed by atoms with E-state index in [4.69, 9.17) is 0 Å². The molecule has 0 aliphatic carbocycles. The van der Waals surface area contributed by atoms with Crippen molar-refractivity contribution in [2.45, 2.75) is 25.8 Å². The summed E-state index contributed by atoms with van der Waals surface area (Å²) in [6.45, 7) is 3.50. The molecule has 1 aliphatic rings. The monoisotopic (exact) mass is 337 g/mol. The molecular formula is C17H19N7O. The summed E-state index contributed by atoms with van der Waals surface area (Å²) < 4.78 is 1.93. The second-order valence-electron chi connectivity index (χ2n) is 6.19. The van der Waals surface area contributed by atoms with Crippen LogP contribution in [0.15, 0.2) is 36.9 Å². The fourth-order valence-electron chi connectivity index (χ4n) is 3.20. The van der Waals surface area contributed by atoms with Gasteiger partial charge in [0.15, 0.2) is 5.82 Å². The molecule has 1 fully saturated rings. The highest BCUT2D eigenvalue weighted by Crippen LogP contribution is 2.22. The number of aromatic nitrogens is 5. The van der Waals surface area contributed by atoms with Crippen LogP contribution >= 0.6 is 0 Å². The van der Waals surface area contributed by atoms with Gasteiger partial charge >= 0.3 is 0 Å². The average Bonchev–Trinajstić information content (AvgIpc) is 3.04. The third-order valence-electron chi connectivity index (χ3n) is 4.46. The number of hydrogen-bond donors (Lipinski definition) is 1. The van der Waals surface area contributed by atoms with Gasteiger partial charge in [-0.3, -0.25) is 14.2 Å². The minimum Gasteiger partial charge on any atom is -0.351 e. The molecule has 0 aromatic carbocycles. The standard InChI is InChI=1S/C17H19N7O/c1-12-21-22-16-15(19-7-9-24(12)16)23-8-3-5-14(11-23)20-17(25)13-4-2-6-18-10-13/h2,4,6-7,9-10,14H,3,5,8,11H2,1H3,(H,20,25). The van der Waals surface area contributed by atoms with Crippen molar-refractivity contribution >= 4 is 17.4 Å². The number of carbonyl (C=O) groups excluding carboxylic acids is 1. The summed E-state index contributed by atoms with van der Waals surface area (Å²) in [6, 6.07) is 3.59. The second kappa shape index (κ2) is 6.46. The predicted octanol–water partition coefficient (Wildman–Crippen LogP) is 1.23. The fraction of sp³-hybridized carbons (Fsp3) is 0.353. The van der Waals surface area contributed by atoms with E-state index in [9.17, 15) is 4.79 Å². The molecule has 0 radical (unpaired) electrons. The van der Waals surface area contributed by atoms with Gasteiger partial charge in [0.05, 0.1) is 5.56 Å². The zero-order chi connectivity index (χ0) is 17.2. The van der Waals surface area contributed by atoms with Gasteiger partial charge in [0.1, 0.15) is 5.82 Å². The van der Waals surface area contributed by atoms with E-state index in [1.165, 1.54) is 0 Å². The maximum Gasteiger partial charge on any atom is 0.253 e. The quantitative estimate of drug-likeness (QED) is 0.773. The van der Waals surface area contributed by atoms with Gasteiger partial charge in [-0.15, -0.1) is 10.2 Å². The number of carbonyl (C=O) groups is 1. The minimum absolute atomic E-state index is 0.0625. The molecule has 3 aromatic heterocycles. The first-order chi connectivity index (χ1) is 12.2. The van der Waals surface area contributed by atoms with Crippen molar-refractivity contribution in [2.75, 3.05) is 18.0 Å². The van der Waals surface area contributed by atoms with E-state index in [0.29, 0.717) is 12.1 Å². The van der Waals surface area contributed by atoms with Crippen LogP contribution in [0.5, 0.6) is 0 Å². The molecule has 25 heavy (non-hydrogen) atoms. The average molecular weight is 337 g/mol. The van der Waals surface area contributed by atoms with Gasteiger partial charge in [-0.25, -0.2) is 4.98 Å². The Balaban J connectivity index is 1.52. The van der Waals surface area contributed by atoms with Gasteiger partial charge in [0.2, 0.25) is 5.65 Å². The van der Waals surface area contributed by atoms with Crippen LogP contribution < -0.4 is 10.2 Å². The van der Waals surface area contributed by atoms with Gasteiger partial charge in [-0.1, -0.05) is 0 Å². The zero-order valence-electron chi connectivity index (χ0n) is 14.0. The van der Waals surface area contributed by atoms with Crippen molar-refractivity contribution in [3.05, 3.63) is 48.3 Å². The van der Waals surface area contributed by atoms with E-state index in [1.54, 1.807) is 30.7 Å². The number of fused-ring (bicyclic) bond motifs is 1. The number of nitrogens with one attached hydrogen (secondary N) is 1. The molecule has 1 atom stereocenters. The molecule has 128 valence electrons. The first-order valence-electron chi connectivity index (χ1n) is 8.34. The maximum absolute atomic E-state index is 12.4. The number of hydrogen-bond acceptors (Lipinski definition) is 6. The Morgan fingerprint density at radius 3 is 3.08 bits per heavy atom. The van der Waals surface area contributed by atoms with Crippen LogP contribution in [-0.2, 0) is 0 Å². The molecule has 0 saturated carbocycles. The van der Waals surface area contributed by atoms with E-state index >= 15 is 0 Å². The van der Waals surface area contributed by atoms with E-state index in [2.05, 4.69) is 30.4 Å². The Morgan fingerprint density at radius 1 is 1.32 bits per heavy atom. The summed E-state index contributed by atoms with van der Waals surface area (Å²) in [5.74, 6) is 1.55. The normalized spacial score (nSPS) is 17.6. The van der Waals surface area contributed by atoms with Crippen LogP contribution in [0.1, 0.15) is 29.0 Å². The van der Waals surface area contributed by atoms with Gasteiger partial charge < -0.3 is 10.2 Å². The Hall–Kier alpha value is -3.03. The van der Waals surface area contributed by atoms with Crippen LogP contribution in [0, 0.1) is 6.92 Å². The summed E-state index contributed by atoms with van der Waals surface area (Å²) in [7, 11) is 0. The Kier molecular flexibility index (Phi) is 4.01. The number of rotatable bonds is 3. The van der Waals surface area contributed by atoms with Gasteiger partial charge in [-0.2, -0.15) is 0 Å². The van der Waals surface area contributed by atoms with Crippen molar-refractivity contribution < 1.29 is 4.79 Å². The summed E-state index contributed by atoms with van der Waals surface area (Å²) in [4.78, 5) is 23.0. The lowest BCUT2D eigenvalue weighted by atomic mass is 10.1. The maximum atomic E-state index is 12.4. The molecule has 1 unspecified atom stereocenters. The number of nitrogens with zero attached hydrogens (tertiary/aromatic N) is 6. The largest absolute Gasteiger partial charge is 0.351 e. The zero-order valence-corrected chi connectivity index (χ0v) is 14.0. The van der Waals surface area contributed by atoms with E-state index in [-0.39, 0.29) is 11.9 Å². The lowest BCUT2D eigenvalue weighted by Crippen LogP contribution is -2.48. The summed E-state index contributed by atoms with van der Waals surface area (Å²) in [6.07, 6.45) is 8.78. The topological polar surface area (TPSA) is 88.3 Å². The number of anilines is 1. The molecule has 8 heteroatoms. The molecule has 0 spiro atoms. The van der Waals surface area contributed by atoms with Crippen molar-refractivity contribution in [2.24, 2.45) is 0 Å². The molecule has 1 aliphatic heterocycles. The Labute approximate surface area is 144 Å². The second-order valence-corrected chi connectivity index (χ2v) is 6.19. The lowest BCUT2D eigenvalue weighted by molar-refractivity contribution is 0.0933. The van der Waals surface area contributed by atoms with Gasteiger partial charge in [0.25, 0.3) is 5.91 Å². The minimum atomic E-state index is -0.0931. The highest BCUT2D eigenvalue weighted by molar-refractivity contribution is 5.94. The van der Waals surface area contributed by atoms with Gasteiger partial charge in [-0.05, 0) is 31.9 Å². The van der Waals surface area contributed by atoms with E-state index in [1.807, 2.05) is 17.5 Å². The molecule has 0 bridgehead atoms. The summed E-state index contributed by atoms with van der Waals surface area (Å²) in [5.41, 5.74) is 1.33. The molecule has 1 saturated heterocycles. The third-order valence-corrected chi connectivity index (χ3v) is 4.46. The molecular weight excluding hydrogens is 318 g/mol. The smallest absolute Gasteiger partial charge is 0.253 e. The van der Waals surface area contributed by atoms with Crippen molar-refractivity contribution in [3.8, 4) is 0 Å². The first-order valence-corrected chi connectivity index (χ1v) is 8.34. The Morgan fingerprint density at radius 2 is 2.24 bits per heavy atom. The van der Waals surface area contributed by atoms with Crippen LogP contribution in [0.3, 0.4) is 0 Å². The summed E-state index contributed by atoms with van der Waals surface area (Å²) >= 11 is 0. The lowest BCUT2D eigenvalue weighted by Gasteiger charge is -2.33. The van der Waals surface area contributed by atoms with Crippen LogP contribution in [-0.4, -0.2) is 49.6 Å². The van der Waals surface area contributed by atoms with E-state index < -0.39 is 0 Å². The predicted molar refractivity (Wildman–Crippen MR) is 92.5 cm³/mol. The SMILES string of the molecule is Cc1nnc2c(N3CCCC(NC(=O)c4cccnc4)C3)nccn12. The third kappa shape index (κ3) is 3.02. The molecule has 1 N–H and O–H groups in total. The van der Waals surface area contributed by atoms with E-state index in [0.717, 1.165) is 36.7 Å². The van der Waals surface area contributed by atoms with Crippen molar-refractivity contribution in [1.82, 2.24) is 29.9 Å². The molecule has 4 rings (SSSR count). The molecule has 1 amide bonds. The molecule has 4 heterocycles. The van der Waals surface area contributed by atoms with Crippen molar-refractivity contribution in [3.63, 3.8) is 0 Å². The summed E-state index contributed by atoms with van der Waals surface area (Å²) in [5, 5.41) is 11.5. The Bertz CT molecular complexity index is 892. The molecule has 8 nitrogen and oxygen atoms in total. The van der Waals surface area contributed by atoms with Crippen LogP contribution in [0.25, 0.3) is 5.65 Å².